The molecule has 4 heterocycles. The highest BCUT2D eigenvalue weighted by Gasteiger charge is 2.44. The average molecular weight is 1190 g/mol. The van der Waals surface area contributed by atoms with Crippen LogP contribution in [0, 0.1) is 32.8 Å². The number of amides is 1. The van der Waals surface area contributed by atoms with Gasteiger partial charge in [-0.2, -0.15) is 8.61 Å². The van der Waals surface area contributed by atoms with Crippen molar-refractivity contribution in [2.45, 2.75) is 108 Å². The lowest BCUT2D eigenvalue weighted by Crippen LogP contribution is -2.52. The zero-order chi connectivity index (χ0) is 59.4. The van der Waals surface area contributed by atoms with Gasteiger partial charge in [0.15, 0.2) is 29.3 Å². The number of nitrogens with one attached hydrogen (secondary N) is 1. The van der Waals surface area contributed by atoms with E-state index in [9.17, 15) is 46.4 Å². The van der Waals surface area contributed by atoms with E-state index in [1.54, 1.807) is 26.0 Å². The van der Waals surface area contributed by atoms with Gasteiger partial charge >= 0.3 is 18.2 Å². The van der Waals surface area contributed by atoms with Crippen molar-refractivity contribution in [2.75, 3.05) is 66.2 Å². The standard InChI is InChI=1S/C37H43N3O14S.C19H29NO6S/c1-37(2,15-17-49-36(43)53-26-10-8-25(9-11-26)40(44)45)22-39(55(46,47)27-12-13-31-32(19-27)52-23-51-31)20-30(41)29(18-24-6-4-3-5-7-24)38-35(42)54-33-21-50-34-28(33)14-16-48-34;1-14(2)11-20(12-19(4,5)8-9-24-15(3)21)27(22,23)16-6-7-17-18(10-16)26-13-25-17/h3-13,19,28-30,33-34,41H,14-18,20-23H2,1-2H3,(H,38,42);6-7,10,14H,8-9,11-13H2,1-5H3/t28-,29-,30+,33-,34+;/m0./s1. The fourth-order valence-electron chi connectivity index (χ4n) is 9.39. The van der Waals surface area contributed by atoms with Crippen LogP contribution < -0.4 is 29.0 Å². The van der Waals surface area contributed by atoms with E-state index >= 15 is 0 Å². The van der Waals surface area contributed by atoms with Crippen LogP contribution in [0.5, 0.6) is 28.7 Å². The maximum Gasteiger partial charge on any atom is 0.513 e. The Labute approximate surface area is 477 Å². The zero-order valence-corrected chi connectivity index (χ0v) is 48.5. The quantitative estimate of drug-likeness (QED) is 0.0214. The van der Waals surface area contributed by atoms with E-state index in [1.807, 2.05) is 58.0 Å². The number of aliphatic hydroxyl groups excluding tert-OH is 1. The zero-order valence-electron chi connectivity index (χ0n) is 46.9. The Morgan fingerprint density at radius 1 is 0.756 bits per heavy atom. The summed E-state index contributed by atoms with van der Waals surface area (Å²) in [6, 6.07) is 21.9. The Kier molecular flexibility index (Phi) is 21.1. The number of fused-ring (bicyclic) bond motifs is 3. The third kappa shape index (κ3) is 17.4. The number of rotatable bonds is 25. The van der Waals surface area contributed by atoms with Crippen LogP contribution in [-0.4, -0.2) is 144 Å². The first-order valence-electron chi connectivity index (χ1n) is 26.7. The molecule has 4 aromatic rings. The van der Waals surface area contributed by atoms with Crippen molar-refractivity contribution in [3.8, 4) is 28.7 Å². The second-order valence-corrected chi connectivity index (χ2v) is 26.0. The fourth-order valence-corrected chi connectivity index (χ4v) is 12.9. The third-order valence-electron chi connectivity index (χ3n) is 13.8. The molecule has 4 aliphatic rings. The van der Waals surface area contributed by atoms with Crippen molar-refractivity contribution in [3.05, 3.63) is 107 Å². The SMILES string of the molecule is CC(=O)OCCC(C)(C)CN(CC(C)C)S(=O)(=O)c1ccc2c(c1)OCO2.CC(C)(CCOC(=O)Oc1ccc([N+](=O)[O-])cc1)CN(C[C@@H](O)[C@H](Cc1ccccc1)NC(=O)O[C@H]1CO[C@H]2OCC[C@H]21)S(=O)(=O)c1ccc2c(c1)OCO2. The smallest absolute Gasteiger partial charge is 0.466 e. The molecule has 2 N–H and O–H groups in total. The molecule has 0 unspecified atom stereocenters. The highest BCUT2D eigenvalue weighted by atomic mass is 32.2. The Bertz CT molecular complexity index is 3070. The number of carbonyl (C=O) groups is 3. The van der Waals surface area contributed by atoms with E-state index in [4.69, 9.17) is 47.4 Å². The molecule has 8 rings (SSSR count). The van der Waals surface area contributed by atoms with Gasteiger partial charge in [-0.1, -0.05) is 71.9 Å². The first kappa shape index (κ1) is 62.8. The highest BCUT2D eigenvalue weighted by molar-refractivity contribution is 7.89. The van der Waals surface area contributed by atoms with Gasteiger partial charge in [-0.25, -0.2) is 26.4 Å². The van der Waals surface area contributed by atoms with E-state index in [0.29, 0.717) is 49.8 Å². The van der Waals surface area contributed by atoms with Gasteiger partial charge in [0, 0.05) is 57.4 Å². The predicted molar refractivity (Wildman–Crippen MR) is 293 cm³/mol. The Hall–Kier alpha value is -6.81. The van der Waals surface area contributed by atoms with Crippen molar-refractivity contribution >= 4 is 44.0 Å². The van der Waals surface area contributed by atoms with Gasteiger partial charge in [-0.3, -0.25) is 14.9 Å². The Morgan fingerprint density at radius 3 is 1.85 bits per heavy atom. The lowest BCUT2D eigenvalue weighted by molar-refractivity contribution is -0.384. The molecule has 4 aliphatic heterocycles. The number of benzene rings is 4. The van der Waals surface area contributed by atoms with Gasteiger partial charge in [0.25, 0.3) is 5.69 Å². The second-order valence-electron chi connectivity index (χ2n) is 22.1. The number of ether oxygens (including phenoxy) is 10. The molecule has 0 aliphatic carbocycles. The lowest BCUT2D eigenvalue weighted by Gasteiger charge is -2.35. The van der Waals surface area contributed by atoms with Crippen LogP contribution in [-0.2, 0) is 54.9 Å². The monoisotopic (exact) mass is 1180 g/mol. The van der Waals surface area contributed by atoms with Gasteiger partial charge in [0.05, 0.1) is 59.2 Å². The van der Waals surface area contributed by atoms with Gasteiger partial charge in [0.1, 0.15) is 11.9 Å². The van der Waals surface area contributed by atoms with Gasteiger partial charge in [-0.15, -0.1) is 0 Å². The van der Waals surface area contributed by atoms with Crippen molar-refractivity contribution in [1.29, 1.82) is 0 Å². The summed E-state index contributed by atoms with van der Waals surface area (Å²) in [5, 5.41) is 25.5. The molecular formula is C56H72N4O20S2. The number of alkyl carbamates (subject to hydrolysis) is 1. The van der Waals surface area contributed by atoms with Crippen LogP contribution >= 0.6 is 0 Å². The number of sulfonamides is 2. The van der Waals surface area contributed by atoms with E-state index in [1.165, 1.54) is 59.8 Å². The summed E-state index contributed by atoms with van der Waals surface area (Å²) in [4.78, 5) is 47.1. The van der Waals surface area contributed by atoms with Crippen LogP contribution in [0.15, 0.2) is 101 Å². The van der Waals surface area contributed by atoms with Crippen molar-refractivity contribution in [1.82, 2.24) is 13.9 Å². The summed E-state index contributed by atoms with van der Waals surface area (Å²) >= 11 is 0. The first-order valence-corrected chi connectivity index (χ1v) is 29.6. The molecule has 2 saturated heterocycles. The summed E-state index contributed by atoms with van der Waals surface area (Å²) in [5.41, 5.74) is -0.594. The summed E-state index contributed by atoms with van der Waals surface area (Å²) < 4.78 is 112. The molecule has 1 amide bonds. The van der Waals surface area contributed by atoms with Gasteiger partial charge in [-0.05, 0) is 84.4 Å². The average Bonchev–Trinajstić information content (AvgIpc) is 3.80. The Balaban J connectivity index is 0.000000300. The normalized spacial score (nSPS) is 18.1. The molecule has 4 aromatic carbocycles. The fraction of sp³-hybridized carbons (Fsp3) is 0.518. The second kappa shape index (κ2) is 27.5. The number of esters is 1. The first-order chi connectivity index (χ1) is 38.8. The number of nitro groups is 1. The molecular weight excluding hydrogens is 1110 g/mol. The minimum atomic E-state index is -4.32. The highest BCUT2D eigenvalue weighted by Crippen LogP contribution is 2.38. The van der Waals surface area contributed by atoms with Gasteiger partial charge < -0.3 is 57.8 Å². The predicted octanol–water partition coefficient (Wildman–Crippen LogP) is 7.45. The maximum atomic E-state index is 14.4. The number of nitrogens with zero attached hydrogens (tertiary/aromatic N) is 3. The molecule has 2 fully saturated rings. The number of hydrogen-bond acceptors (Lipinski definition) is 20. The van der Waals surface area contributed by atoms with Crippen molar-refractivity contribution < 1.29 is 88.6 Å². The topological polar surface area (TPSA) is 294 Å². The number of nitro benzene ring substituents is 1. The molecule has 0 radical (unpaired) electrons. The van der Waals surface area contributed by atoms with E-state index in [2.05, 4.69) is 5.32 Å². The largest absolute Gasteiger partial charge is 0.513 e. The number of aliphatic hydroxyl groups is 1. The molecule has 82 heavy (non-hydrogen) atoms. The lowest BCUT2D eigenvalue weighted by atomic mass is 9.89. The number of carbonyl (C=O) groups excluding carboxylic acids is 3. The number of non-ortho nitro benzene ring substituents is 1. The van der Waals surface area contributed by atoms with E-state index in [0.717, 1.165) is 9.87 Å². The van der Waals surface area contributed by atoms with Crippen LogP contribution in [0.25, 0.3) is 0 Å². The number of hydrogen-bond donors (Lipinski definition) is 2. The Morgan fingerprint density at radius 2 is 1.30 bits per heavy atom. The molecule has 448 valence electrons. The van der Waals surface area contributed by atoms with E-state index < -0.39 is 73.7 Å². The minimum absolute atomic E-state index is 0.0423. The summed E-state index contributed by atoms with van der Waals surface area (Å²) in [5.74, 6) is 1.38. The molecule has 5 atom stereocenters. The van der Waals surface area contributed by atoms with E-state index in [-0.39, 0.29) is 103 Å². The van der Waals surface area contributed by atoms with Gasteiger partial charge in [0.2, 0.25) is 33.6 Å². The van der Waals surface area contributed by atoms with Crippen molar-refractivity contribution in [2.24, 2.45) is 22.7 Å². The van der Waals surface area contributed by atoms with Crippen LogP contribution in [0.3, 0.4) is 0 Å². The van der Waals surface area contributed by atoms with Crippen molar-refractivity contribution in [3.63, 3.8) is 0 Å². The molecule has 0 spiro atoms. The molecule has 0 bridgehead atoms. The maximum absolute atomic E-state index is 14.4. The van der Waals surface area contributed by atoms with Crippen LogP contribution in [0.4, 0.5) is 15.3 Å². The third-order valence-corrected chi connectivity index (χ3v) is 17.4. The molecule has 26 heteroatoms. The molecule has 24 nitrogen and oxygen atoms in total. The molecule has 0 aromatic heterocycles. The summed E-state index contributed by atoms with van der Waals surface area (Å²) in [6.45, 7) is 13.7. The minimum Gasteiger partial charge on any atom is -0.466 e. The summed E-state index contributed by atoms with van der Waals surface area (Å²) in [6.07, 6.45) is -2.69. The van der Waals surface area contributed by atoms with Crippen LogP contribution in [0.2, 0.25) is 0 Å². The summed E-state index contributed by atoms with van der Waals surface area (Å²) in [7, 11) is -8.03. The van der Waals surface area contributed by atoms with Crippen LogP contribution in [0.1, 0.15) is 73.3 Å². The molecule has 0 saturated carbocycles.